The van der Waals surface area contributed by atoms with Crippen molar-refractivity contribution in [1.29, 1.82) is 0 Å². The Morgan fingerprint density at radius 3 is 2.38 bits per heavy atom. The Balaban J connectivity index is 1.88. The maximum atomic E-state index is 12.1. The lowest BCUT2D eigenvalue weighted by Gasteiger charge is -2.43. The first kappa shape index (κ1) is 16.1. The van der Waals surface area contributed by atoms with Crippen LogP contribution in [0.3, 0.4) is 0 Å². The molecule has 1 N–H and O–H groups in total. The van der Waals surface area contributed by atoms with Gasteiger partial charge in [-0.3, -0.25) is 0 Å². The van der Waals surface area contributed by atoms with Crippen LogP contribution in [0.2, 0.25) is 0 Å². The minimum absolute atomic E-state index is 0.0210. The molecule has 1 aliphatic rings. The van der Waals surface area contributed by atoms with E-state index in [4.69, 9.17) is 4.74 Å². The van der Waals surface area contributed by atoms with Crippen molar-refractivity contribution in [3.8, 4) is 5.75 Å². The summed E-state index contributed by atoms with van der Waals surface area (Å²) in [6.45, 7) is 2.75. The first-order valence-electron chi connectivity index (χ1n) is 7.03. The molecule has 0 aliphatic heterocycles. The molecular weight excluding hydrogens is 285 g/mol. The monoisotopic (exact) mass is 304 g/mol. The molecule has 21 heavy (non-hydrogen) atoms. The molecule has 1 aromatic rings. The third kappa shape index (κ3) is 4.35. The normalized spacial score (nSPS) is 25.5. The molecule has 0 saturated heterocycles. The first-order valence-corrected chi connectivity index (χ1v) is 7.03. The fraction of sp³-hybridized carbons (Fsp3) is 0.600. The lowest BCUT2D eigenvalue weighted by atomic mass is 9.73. The zero-order chi connectivity index (χ0) is 15.5. The predicted molar refractivity (Wildman–Crippen MR) is 70.9 cm³/mol. The molecule has 0 unspecified atom stereocenters. The van der Waals surface area contributed by atoms with E-state index in [0.29, 0.717) is 25.0 Å². The van der Waals surface area contributed by atoms with Gasteiger partial charge in [-0.2, -0.15) is 0 Å². The number of rotatable bonds is 6. The van der Waals surface area contributed by atoms with Crippen LogP contribution >= 0.6 is 0 Å². The van der Waals surface area contributed by atoms with E-state index >= 15 is 0 Å². The van der Waals surface area contributed by atoms with Crippen LogP contribution in [-0.4, -0.2) is 24.2 Å². The van der Waals surface area contributed by atoms with Crippen molar-refractivity contribution in [1.82, 2.24) is 0 Å². The molecule has 0 spiro atoms. The summed E-state index contributed by atoms with van der Waals surface area (Å²) in [5.74, 6) is -0.287. The Kier molecular flexibility index (Phi) is 4.78. The highest BCUT2D eigenvalue weighted by Gasteiger charge is 2.44. The Morgan fingerprint density at radius 2 is 1.86 bits per heavy atom. The van der Waals surface area contributed by atoms with Gasteiger partial charge in [0.05, 0.1) is 11.7 Å². The van der Waals surface area contributed by atoms with Crippen LogP contribution in [0.1, 0.15) is 38.2 Å². The first-order chi connectivity index (χ1) is 9.82. The van der Waals surface area contributed by atoms with E-state index in [1.165, 1.54) is 24.3 Å². The molecule has 118 valence electrons. The van der Waals surface area contributed by atoms with Crippen molar-refractivity contribution < 1.29 is 27.8 Å². The lowest BCUT2D eigenvalue weighted by molar-refractivity contribution is -0.274. The summed E-state index contributed by atoms with van der Waals surface area (Å²) >= 11 is 0. The molecule has 0 atom stereocenters. The molecule has 0 bridgehead atoms. The van der Waals surface area contributed by atoms with Crippen LogP contribution in [0.15, 0.2) is 24.3 Å². The largest absolute Gasteiger partial charge is 0.573 e. The van der Waals surface area contributed by atoms with E-state index in [9.17, 15) is 18.3 Å². The maximum Gasteiger partial charge on any atom is 0.573 e. The van der Waals surface area contributed by atoms with Crippen LogP contribution in [0.4, 0.5) is 13.2 Å². The van der Waals surface area contributed by atoms with Crippen molar-refractivity contribution in [2.45, 2.75) is 50.7 Å². The molecule has 0 heterocycles. The minimum atomic E-state index is -4.70. The summed E-state index contributed by atoms with van der Waals surface area (Å²) in [4.78, 5) is 0. The van der Waals surface area contributed by atoms with Crippen LogP contribution in [0.25, 0.3) is 0 Å². The number of aliphatic hydroxyl groups is 1. The second-order valence-corrected chi connectivity index (χ2v) is 5.36. The third-order valence-electron chi connectivity index (χ3n) is 3.61. The number of unbranched alkanes of at least 4 members (excludes halogenated alkanes) is 1. The van der Waals surface area contributed by atoms with Crippen molar-refractivity contribution in [3.05, 3.63) is 29.8 Å². The topological polar surface area (TPSA) is 38.7 Å². The van der Waals surface area contributed by atoms with Crippen LogP contribution in [0, 0.1) is 0 Å². The average Bonchev–Trinajstić information content (AvgIpc) is 2.35. The van der Waals surface area contributed by atoms with E-state index in [2.05, 4.69) is 11.7 Å². The van der Waals surface area contributed by atoms with Crippen molar-refractivity contribution in [2.75, 3.05) is 6.61 Å². The zero-order valence-corrected chi connectivity index (χ0v) is 11.8. The predicted octanol–water partition coefficient (Wildman–Crippen LogP) is 3.75. The number of benzene rings is 1. The number of hydrogen-bond acceptors (Lipinski definition) is 3. The van der Waals surface area contributed by atoms with Crippen molar-refractivity contribution in [2.24, 2.45) is 0 Å². The quantitative estimate of drug-likeness (QED) is 0.813. The molecule has 6 heteroatoms. The zero-order valence-electron chi connectivity index (χ0n) is 11.8. The second-order valence-electron chi connectivity index (χ2n) is 5.36. The SMILES string of the molecule is CCCCOC1CC(O)(c2ccc(OC(F)(F)F)cc2)C1. The highest BCUT2D eigenvalue weighted by Crippen LogP contribution is 2.43. The molecule has 1 aromatic carbocycles. The van der Waals surface area contributed by atoms with Gasteiger partial charge >= 0.3 is 6.36 Å². The van der Waals surface area contributed by atoms with Crippen LogP contribution in [-0.2, 0) is 10.3 Å². The third-order valence-corrected chi connectivity index (χ3v) is 3.61. The number of halogens is 3. The maximum absolute atomic E-state index is 12.1. The van der Waals surface area contributed by atoms with Gasteiger partial charge in [0.2, 0.25) is 0 Å². The van der Waals surface area contributed by atoms with Crippen LogP contribution < -0.4 is 4.74 Å². The molecule has 0 amide bonds. The standard InChI is InChI=1S/C15H19F3O3/c1-2-3-8-20-13-9-14(19,10-13)11-4-6-12(7-5-11)21-15(16,17)18/h4-7,13,19H,2-3,8-10H2,1H3. The summed E-state index contributed by atoms with van der Waals surface area (Å²) in [5.41, 5.74) is -0.416. The van der Waals surface area contributed by atoms with Gasteiger partial charge in [0.1, 0.15) is 5.75 Å². The van der Waals surface area contributed by atoms with Crippen molar-refractivity contribution >= 4 is 0 Å². The number of hydrogen-bond donors (Lipinski definition) is 1. The molecular formula is C15H19F3O3. The fourth-order valence-electron chi connectivity index (χ4n) is 2.41. The Bertz CT molecular complexity index is 450. The highest BCUT2D eigenvalue weighted by molar-refractivity contribution is 5.32. The van der Waals surface area contributed by atoms with E-state index < -0.39 is 12.0 Å². The average molecular weight is 304 g/mol. The molecule has 1 aliphatic carbocycles. The summed E-state index contributed by atoms with van der Waals surface area (Å²) in [5, 5.41) is 10.4. The van der Waals surface area contributed by atoms with Gasteiger partial charge in [0, 0.05) is 19.4 Å². The molecule has 3 nitrogen and oxygen atoms in total. The van der Waals surface area contributed by atoms with E-state index in [1.54, 1.807) is 0 Å². The van der Waals surface area contributed by atoms with Gasteiger partial charge in [0.25, 0.3) is 0 Å². The molecule has 0 aromatic heterocycles. The summed E-state index contributed by atoms with van der Waals surface area (Å²) < 4.78 is 45.6. The van der Waals surface area contributed by atoms with Gasteiger partial charge in [0.15, 0.2) is 0 Å². The number of ether oxygens (including phenoxy) is 2. The van der Waals surface area contributed by atoms with Gasteiger partial charge in [-0.1, -0.05) is 25.5 Å². The second kappa shape index (κ2) is 6.23. The molecule has 2 rings (SSSR count). The molecule has 1 fully saturated rings. The lowest BCUT2D eigenvalue weighted by Crippen LogP contribution is -2.46. The Hall–Kier alpha value is -1.27. The van der Waals surface area contributed by atoms with Gasteiger partial charge in [-0.15, -0.1) is 13.2 Å². The van der Waals surface area contributed by atoms with E-state index in [1.807, 2.05) is 0 Å². The number of alkyl halides is 3. The summed E-state index contributed by atoms with van der Waals surface area (Å²) in [6, 6.07) is 5.35. The van der Waals surface area contributed by atoms with Gasteiger partial charge < -0.3 is 14.6 Å². The molecule has 0 radical (unpaired) electrons. The van der Waals surface area contributed by atoms with Crippen molar-refractivity contribution in [3.63, 3.8) is 0 Å². The summed E-state index contributed by atoms with van der Waals surface area (Å²) in [7, 11) is 0. The van der Waals surface area contributed by atoms with Crippen LogP contribution in [0.5, 0.6) is 5.75 Å². The highest BCUT2D eigenvalue weighted by atomic mass is 19.4. The Morgan fingerprint density at radius 1 is 1.24 bits per heavy atom. The van der Waals surface area contributed by atoms with E-state index in [-0.39, 0.29) is 11.9 Å². The Labute approximate surface area is 121 Å². The van der Waals surface area contributed by atoms with E-state index in [0.717, 1.165) is 12.8 Å². The summed E-state index contributed by atoms with van der Waals surface area (Å²) in [6.07, 6.45) is -1.71. The fourth-order valence-corrected chi connectivity index (χ4v) is 2.41. The molecule has 1 saturated carbocycles. The van der Waals surface area contributed by atoms with Gasteiger partial charge in [-0.25, -0.2) is 0 Å². The van der Waals surface area contributed by atoms with Gasteiger partial charge in [-0.05, 0) is 24.1 Å². The smallest absolute Gasteiger partial charge is 0.406 e. The minimum Gasteiger partial charge on any atom is -0.406 e.